The van der Waals surface area contributed by atoms with Crippen LogP contribution in [0.25, 0.3) is 64.6 Å². The molecule has 3 amide bonds. The Labute approximate surface area is 339 Å². The fraction of sp³-hybridized carbons (Fsp3) is 0.0600. The van der Waals surface area contributed by atoms with E-state index < -0.39 is 40.8 Å². The molecule has 0 saturated heterocycles. The Hall–Kier alpha value is -7.59. The zero-order valence-corrected chi connectivity index (χ0v) is 31.5. The number of anilines is 1. The van der Waals surface area contributed by atoms with E-state index in [0.29, 0.717) is 12.1 Å². The minimum absolute atomic E-state index is 0.0217. The van der Waals surface area contributed by atoms with Crippen molar-refractivity contribution in [3.8, 4) is 0 Å². The first-order valence-electron chi connectivity index (χ1n) is 19.2. The van der Waals surface area contributed by atoms with Crippen LogP contribution in [0, 0.1) is 5.82 Å². The minimum atomic E-state index is -5.03. The van der Waals surface area contributed by atoms with Crippen molar-refractivity contribution >= 4 is 88.0 Å². The lowest BCUT2D eigenvalue weighted by Crippen LogP contribution is -2.26. The van der Waals surface area contributed by atoms with Gasteiger partial charge in [0.05, 0.1) is 5.56 Å². The molecule has 0 saturated carbocycles. The van der Waals surface area contributed by atoms with Crippen LogP contribution < -0.4 is 16.0 Å². The molecule has 60 heavy (non-hydrogen) atoms. The number of carbonyl (C=O) groups excluding carboxylic acids is 3. The summed E-state index contributed by atoms with van der Waals surface area (Å²) < 4.78 is 54.6. The standard InChI is InChI=1S/C50H31F4N3O3/c51-42-20-17-33(24-41(42)50(52,53)54)49(60)57-38-22-36(47(58)55-25-34-13-11-31-9-7-27-3-1-5-29-15-18-39(34)45(31)43(27)29)21-37(23-38)48(59)56-26-35-14-12-32-10-8-28-4-2-6-30-16-19-40(35)46(32)44(28)30/h1-24H,25-26H2,(H,55,58)(H,56,59)(H,57,60). The van der Waals surface area contributed by atoms with Gasteiger partial charge in [-0.25, -0.2) is 4.39 Å². The average Bonchev–Trinajstić information content (AvgIpc) is 3.25. The quantitative estimate of drug-likeness (QED) is 0.106. The van der Waals surface area contributed by atoms with Crippen molar-refractivity contribution in [1.82, 2.24) is 10.6 Å². The average molecular weight is 798 g/mol. The molecule has 10 aromatic carbocycles. The van der Waals surface area contributed by atoms with E-state index >= 15 is 0 Å². The van der Waals surface area contributed by atoms with E-state index in [9.17, 15) is 31.9 Å². The second-order valence-electron chi connectivity index (χ2n) is 15.0. The zero-order chi connectivity index (χ0) is 41.3. The number of nitrogens with one attached hydrogen (secondary N) is 3. The summed E-state index contributed by atoms with van der Waals surface area (Å²) in [5, 5.41) is 21.3. The van der Waals surface area contributed by atoms with Gasteiger partial charge >= 0.3 is 6.18 Å². The van der Waals surface area contributed by atoms with E-state index in [-0.39, 0.29) is 29.9 Å². The van der Waals surface area contributed by atoms with Crippen LogP contribution in [0.1, 0.15) is 47.8 Å². The maximum atomic E-state index is 14.1. The largest absolute Gasteiger partial charge is 0.419 e. The molecular weight excluding hydrogens is 767 g/mol. The smallest absolute Gasteiger partial charge is 0.348 e. The van der Waals surface area contributed by atoms with Crippen LogP contribution >= 0.6 is 0 Å². The highest BCUT2D eigenvalue weighted by Crippen LogP contribution is 2.38. The van der Waals surface area contributed by atoms with Gasteiger partial charge in [0.25, 0.3) is 17.7 Å². The van der Waals surface area contributed by atoms with Crippen LogP contribution in [0.4, 0.5) is 23.2 Å². The van der Waals surface area contributed by atoms with Crippen LogP contribution in [0.2, 0.25) is 0 Å². The lowest BCUT2D eigenvalue weighted by atomic mass is 9.92. The highest BCUT2D eigenvalue weighted by atomic mass is 19.4. The molecule has 0 aliphatic heterocycles. The first kappa shape index (κ1) is 36.7. The van der Waals surface area contributed by atoms with E-state index in [1.54, 1.807) is 0 Å². The van der Waals surface area contributed by atoms with Gasteiger partial charge in [0.1, 0.15) is 5.82 Å². The number of alkyl halides is 3. The van der Waals surface area contributed by atoms with Gasteiger partial charge in [-0.2, -0.15) is 13.2 Å². The van der Waals surface area contributed by atoms with Crippen molar-refractivity contribution in [3.63, 3.8) is 0 Å². The predicted molar refractivity (Wildman–Crippen MR) is 228 cm³/mol. The molecule has 0 spiro atoms. The lowest BCUT2D eigenvalue weighted by Gasteiger charge is -2.16. The summed E-state index contributed by atoms with van der Waals surface area (Å²) in [7, 11) is 0. The summed E-state index contributed by atoms with van der Waals surface area (Å²) in [6, 6.07) is 42.7. The van der Waals surface area contributed by atoms with E-state index in [1.165, 1.54) is 18.2 Å². The summed E-state index contributed by atoms with van der Waals surface area (Å²) in [6.07, 6.45) is -5.03. The number of benzene rings is 10. The SMILES string of the molecule is O=C(NCc1ccc2ccc3cccc4ccc1c2c34)c1cc(NC(=O)c2ccc(F)c(C(F)(F)F)c2)cc(C(=O)NCc2ccc3ccc4cccc5ccc2c3c45)c1. The van der Waals surface area contributed by atoms with Gasteiger partial charge in [0.15, 0.2) is 0 Å². The Morgan fingerprint density at radius 2 is 0.883 bits per heavy atom. The molecule has 0 fully saturated rings. The number of hydrogen-bond acceptors (Lipinski definition) is 3. The minimum Gasteiger partial charge on any atom is -0.348 e. The van der Waals surface area contributed by atoms with Gasteiger partial charge in [-0.1, -0.05) is 109 Å². The molecule has 10 heteroatoms. The summed E-state index contributed by atoms with van der Waals surface area (Å²) in [6.45, 7) is 0.269. The first-order valence-corrected chi connectivity index (χ1v) is 19.2. The Morgan fingerprint density at radius 3 is 1.35 bits per heavy atom. The number of rotatable bonds is 8. The molecule has 0 bridgehead atoms. The molecule has 3 N–H and O–H groups in total. The Kier molecular flexibility index (Phi) is 8.60. The molecule has 10 rings (SSSR count). The van der Waals surface area contributed by atoms with Crippen LogP contribution in [0.15, 0.2) is 146 Å². The van der Waals surface area contributed by atoms with E-state index in [0.717, 1.165) is 81.8 Å². The van der Waals surface area contributed by atoms with Crippen LogP contribution in [-0.2, 0) is 19.3 Å². The molecule has 0 radical (unpaired) electrons. The van der Waals surface area contributed by atoms with E-state index in [1.807, 2.05) is 60.7 Å². The van der Waals surface area contributed by atoms with Crippen molar-refractivity contribution in [3.05, 3.63) is 185 Å². The fourth-order valence-corrected chi connectivity index (χ4v) is 8.50. The van der Waals surface area contributed by atoms with Gasteiger partial charge in [-0.3, -0.25) is 14.4 Å². The monoisotopic (exact) mass is 797 g/mol. The molecule has 292 valence electrons. The summed E-state index contributed by atoms with van der Waals surface area (Å²) in [5.74, 6) is -3.63. The summed E-state index contributed by atoms with van der Waals surface area (Å²) in [5.41, 5.74) is -0.319. The zero-order valence-electron chi connectivity index (χ0n) is 31.5. The van der Waals surface area contributed by atoms with E-state index in [2.05, 4.69) is 64.5 Å². The van der Waals surface area contributed by atoms with Crippen molar-refractivity contribution < 1.29 is 31.9 Å². The Bertz CT molecular complexity index is 3160. The second kappa shape index (κ2) is 14.1. The highest BCUT2D eigenvalue weighted by molar-refractivity contribution is 6.24. The molecule has 0 unspecified atom stereocenters. The van der Waals surface area contributed by atoms with Crippen molar-refractivity contribution in [2.45, 2.75) is 19.3 Å². The van der Waals surface area contributed by atoms with Crippen molar-refractivity contribution in [2.75, 3.05) is 5.32 Å². The topological polar surface area (TPSA) is 87.3 Å². The van der Waals surface area contributed by atoms with Crippen LogP contribution in [0.5, 0.6) is 0 Å². The number of amides is 3. The van der Waals surface area contributed by atoms with Gasteiger partial charge in [0.2, 0.25) is 0 Å². The number of halogens is 4. The fourth-order valence-electron chi connectivity index (χ4n) is 8.50. The summed E-state index contributed by atoms with van der Waals surface area (Å²) >= 11 is 0. The molecule has 0 aromatic heterocycles. The third-order valence-corrected chi connectivity index (χ3v) is 11.4. The van der Waals surface area contributed by atoms with E-state index in [4.69, 9.17) is 0 Å². The Morgan fingerprint density at radius 1 is 0.450 bits per heavy atom. The second-order valence-corrected chi connectivity index (χ2v) is 15.0. The summed E-state index contributed by atoms with van der Waals surface area (Å²) in [4.78, 5) is 41.2. The van der Waals surface area contributed by atoms with Crippen LogP contribution in [0.3, 0.4) is 0 Å². The first-order chi connectivity index (χ1) is 29.0. The number of carbonyl (C=O) groups is 3. The highest BCUT2D eigenvalue weighted by Gasteiger charge is 2.34. The molecule has 0 heterocycles. The van der Waals surface area contributed by atoms with Gasteiger partial charge in [0, 0.05) is 35.5 Å². The maximum absolute atomic E-state index is 14.1. The van der Waals surface area contributed by atoms with Crippen molar-refractivity contribution in [1.29, 1.82) is 0 Å². The Balaban J connectivity index is 0.964. The maximum Gasteiger partial charge on any atom is 0.419 e. The molecule has 0 atom stereocenters. The molecule has 6 nitrogen and oxygen atoms in total. The third kappa shape index (κ3) is 6.33. The van der Waals surface area contributed by atoms with Gasteiger partial charge < -0.3 is 16.0 Å². The molecular formula is C50H31F4N3O3. The molecule has 0 aliphatic rings. The predicted octanol–water partition coefficient (Wildman–Crippen LogP) is 11.8. The van der Waals surface area contributed by atoms with Crippen LogP contribution in [-0.4, -0.2) is 17.7 Å². The third-order valence-electron chi connectivity index (χ3n) is 11.4. The lowest BCUT2D eigenvalue weighted by molar-refractivity contribution is -0.140. The van der Waals surface area contributed by atoms with Gasteiger partial charge in [-0.15, -0.1) is 0 Å². The van der Waals surface area contributed by atoms with Gasteiger partial charge in [-0.05, 0) is 112 Å². The molecule has 0 aliphatic carbocycles. The van der Waals surface area contributed by atoms with Crippen molar-refractivity contribution in [2.24, 2.45) is 0 Å². The normalized spacial score (nSPS) is 12.0. The molecule has 10 aromatic rings. The number of hydrogen-bond donors (Lipinski definition) is 3.